The van der Waals surface area contributed by atoms with Crippen molar-refractivity contribution in [1.82, 2.24) is 48.9 Å². The quantitative estimate of drug-likeness (QED) is 0.0582. The Bertz CT molecular complexity index is 247. The molecule has 6 N–H and O–H groups in total. The molecule has 0 saturated heterocycles. The van der Waals surface area contributed by atoms with E-state index in [9.17, 15) is 0 Å². The molecule has 0 unspecified atom stereocenters. The average Bonchev–Trinajstić information content (AvgIpc) is 2.55. The number of hydrogen-bond donors (Lipinski definition) is 6. The minimum absolute atomic E-state index is 0.265. The van der Waals surface area contributed by atoms with Gasteiger partial charge in [0.1, 0.15) is 0 Å². The van der Waals surface area contributed by atoms with Gasteiger partial charge < -0.3 is 0 Å². The molecule has 0 aromatic carbocycles. The van der Waals surface area contributed by atoms with Crippen LogP contribution in [0.4, 0.5) is 0 Å². The zero-order valence-corrected chi connectivity index (χ0v) is 15.0. The van der Waals surface area contributed by atoms with Gasteiger partial charge in [-0.15, -0.1) is 0 Å². The minimum atomic E-state index is -0.746. The second kappa shape index (κ2) is 16.0. The van der Waals surface area contributed by atoms with Crippen LogP contribution >= 0.6 is 0 Å². The van der Waals surface area contributed by atoms with Crippen LogP contribution in [0.2, 0.25) is 0 Å². The number of nitrogens with zero attached hydrogens (tertiary/aromatic N) is 3. The van der Waals surface area contributed by atoms with Crippen molar-refractivity contribution in [2.45, 2.75) is 0 Å². The van der Waals surface area contributed by atoms with Crippen LogP contribution in [0.25, 0.3) is 0 Å². The van der Waals surface area contributed by atoms with Gasteiger partial charge in [-0.2, -0.15) is 0 Å². The Morgan fingerprint density at radius 1 is 0.909 bits per heavy atom. The summed E-state index contributed by atoms with van der Waals surface area (Å²) in [5.74, 6) is 0. The summed E-state index contributed by atoms with van der Waals surface area (Å²) < 4.78 is 5.19. The van der Waals surface area contributed by atoms with Crippen molar-refractivity contribution in [3.05, 3.63) is 0 Å². The zero-order valence-electron chi connectivity index (χ0n) is 12.9. The first kappa shape index (κ1) is 22.1. The summed E-state index contributed by atoms with van der Waals surface area (Å²) in [7, 11) is 7.73. The molecule has 0 aliphatic rings. The van der Waals surface area contributed by atoms with Gasteiger partial charge in [0.2, 0.25) is 0 Å². The van der Waals surface area contributed by atoms with Crippen LogP contribution in [-0.2, 0) is 27.7 Å². The van der Waals surface area contributed by atoms with Gasteiger partial charge in [0.25, 0.3) is 0 Å². The number of hydrazine groups is 4. The summed E-state index contributed by atoms with van der Waals surface area (Å²) >= 11 is -0.746. The van der Waals surface area contributed by atoms with Crippen LogP contribution in [0.1, 0.15) is 0 Å². The van der Waals surface area contributed by atoms with Gasteiger partial charge in [-0.05, 0) is 0 Å². The third kappa shape index (κ3) is 11.7. The van der Waals surface area contributed by atoms with Gasteiger partial charge in [0, 0.05) is 0 Å². The van der Waals surface area contributed by atoms with Crippen molar-refractivity contribution < 1.29 is 49.3 Å². The fourth-order valence-corrected chi connectivity index (χ4v) is 1.49. The van der Waals surface area contributed by atoms with Gasteiger partial charge in [-0.1, -0.05) is 0 Å². The fourth-order valence-electron chi connectivity index (χ4n) is 0.691. The molecule has 0 saturated carbocycles. The molecule has 0 fully saturated rings. The van der Waals surface area contributed by atoms with Crippen LogP contribution in [-0.4, -0.2) is 55.9 Å². The average molecular weight is 444 g/mol. The fraction of sp³-hybridized carbons (Fsp3) is 1.00. The number of hydrogen-bond acceptors (Lipinski definition) is 15. The van der Waals surface area contributed by atoms with Crippen LogP contribution in [0.5, 0.6) is 0 Å². The summed E-state index contributed by atoms with van der Waals surface area (Å²) in [6.07, 6.45) is 0. The van der Waals surface area contributed by atoms with Crippen molar-refractivity contribution in [1.29, 1.82) is 0 Å². The molecule has 0 atom stereocenters. The van der Waals surface area contributed by atoms with Crippen molar-refractivity contribution in [2.75, 3.05) is 39.9 Å². The third-order valence-corrected chi connectivity index (χ3v) is 2.48. The molecule has 0 aliphatic heterocycles. The number of nitrogens with one attached hydrogen (secondary N) is 6. The van der Waals surface area contributed by atoms with Crippen molar-refractivity contribution >= 4 is 0 Å². The first-order valence-electron chi connectivity index (χ1n) is 5.75. The Morgan fingerprint density at radius 2 is 1.55 bits per heavy atom. The third-order valence-electron chi connectivity index (χ3n) is 1.45. The second-order valence-electron chi connectivity index (χ2n) is 2.76. The van der Waals surface area contributed by atoms with E-state index in [0.29, 0.717) is 0 Å². The molecular formula is C6H23IN9O6-. The number of rotatable bonds is 16. The number of alkyl halides is 1. The van der Waals surface area contributed by atoms with Crippen LogP contribution in [0.15, 0.2) is 0 Å². The summed E-state index contributed by atoms with van der Waals surface area (Å²) in [5.41, 5.74) is 14.9. The first-order chi connectivity index (χ1) is 10.7. The van der Waals surface area contributed by atoms with E-state index in [1.807, 2.05) is 0 Å². The molecule has 16 heteroatoms. The molecule has 0 aromatic heterocycles. The van der Waals surface area contributed by atoms with E-state index in [2.05, 4.69) is 37.8 Å². The van der Waals surface area contributed by atoms with E-state index in [1.165, 1.54) is 7.11 Å². The van der Waals surface area contributed by atoms with Crippen LogP contribution < -0.4 is 54.6 Å². The van der Waals surface area contributed by atoms with E-state index >= 15 is 0 Å². The predicted molar refractivity (Wildman–Crippen MR) is 65.3 cm³/mol. The molecule has 0 aliphatic carbocycles. The summed E-state index contributed by atoms with van der Waals surface area (Å²) in [6, 6.07) is 0. The molecule has 0 aromatic rings. The molecule has 0 heterocycles. The van der Waals surface area contributed by atoms with E-state index in [1.54, 1.807) is 28.2 Å². The van der Waals surface area contributed by atoms with E-state index < -0.39 is 21.6 Å². The molecule has 0 rings (SSSR count). The van der Waals surface area contributed by atoms with Crippen molar-refractivity contribution in [2.24, 2.45) is 0 Å². The maximum absolute atomic E-state index is 5.23. The predicted octanol–water partition coefficient (Wildman–Crippen LogP) is -6.46. The molecule has 22 heavy (non-hydrogen) atoms. The SMILES string of the molecule is CNNON(NC)ON(NC)ON(NC)OC[I-]ONOC. The molecular weight excluding hydrogens is 421 g/mol. The Morgan fingerprint density at radius 3 is 2.09 bits per heavy atom. The topological polar surface area (TPSA) is 137 Å². The molecule has 0 bridgehead atoms. The first-order valence-corrected chi connectivity index (χ1v) is 8.15. The standard InChI is InChI=1S/C6H23IN9O6/c1-8-12-20-15(10-3)22-16(11-4)21-14(9-2)18-6-7-19-13-17-5/h8-13H,6H2,1-5H3/q-1. The molecule has 0 radical (unpaired) electrons. The van der Waals surface area contributed by atoms with E-state index in [0.717, 1.165) is 16.0 Å². The zero-order chi connectivity index (χ0) is 16.6. The Kier molecular flexibility index (Phi) is 16.1. The van der Waals surface area contributed by atoms with Gasteiger partial charge >= 0.3 is 138 Å². The Hall–Kier alpha value is 0.130. The van der Waals surface area contributed by atoms with Crippen LogP contribution in [0.3, 0.4) is 0 Å². The van der Waals surface area contributed by atoms with Gasteiger partial charge in [-0.3, -0.25) is 0 Å². The Balaban J connectivity index is 4.07. The summed E-state index contributed by atoms with van der Waals surface area (Å²) in [5, 5.41) is 2.61. The van der Waals surface area contributed by atoms with E-state index in [4.69, 9.17) is 22.8 Å². The van der Waals surface area contributed by atoms with Gasteiger partial charge in [0.05, 0.1) is 0 Å². The van der Waals surface area contributed by atoms with Crippen molar-refractivity contribution in [3.8, 4) is 0 Å². The maximum atomic E-state index is 5.23. The van der Waals surface area contributed by atoms with Crippen LogP contribution in [0, 0.1) is 0 Å². The normalized spacial score (nSPS) is 12.2. The van der Waals surface area contributed by atoms with Gasteiger partial charge in [0.15, 0.2) is 0 Å². The molecule has 136 valence electrons. The van der Waals surface area contributed by atoms with E-state index in [-0.39, 0.29) is 4.61 Å². The second-order valence-corrected chi connectivity index (χ2v) is 4.45. The number of halogens is 1. The Labute approximate surface area is 138 Å². The summed E-state index contributed by atoms with van der Waals surface area (Å²) in [4.78, 5) is 24.9. The summed E-state index contributed by atoms with van der Waals surface area (Å²) in [6.45, 7) is 0. The molecule has 0 amide bonds. The van der Waals surface area contributed by atoms with Gasteiger partial charge in [-0.25, -0.2) is 0 Å². The van der Waals surface area contributed by atoms with Crippen molar-refractivity contribution in [3.63, 3.8) is 0 Å². The molecule has 0 spiro atoms. The molecule has 15 nitrogen and oxygen atoms in total. The monoisotopic (exact) mass is 444 g/mol.